The first-order valence-corrected chi connectivity index (χ1v) is 6.92. The average Bonchev–Trinajstić information content (AvgIpc) is 2.35. The molecule has 2 N–H and O–H groups in total. The van der Waals surface area contributed by atoms with Gasteiger partial charge >= 0.3 is 0 Å². The lowest BCUT2D eigenvalue weighted by molar-refractivity contribution is -0.00555. The van der Waals surface area contributed by atoms with Crippen molar-refractivity contribution in [3.05, 3.63) is 35.4 Å². The molecule has 0 fully saturated rings. The van der Waals surface area contributed by atoms with Crippen molar-refractivity contribution < 1.29 is 4.74 Å². The predicted octanol–water partition coefficient (Wildman–Crippen LogP) is 2.43. The number of rotatable bonds is 7. The second kappa shape index (κ2) is 7.04. The zero-order valence-corrected chi connectivity index (χ0v) is 12.9. The molecule has 0 heterocycles. The zero-order valence-electron chi connectivity index (χ0n) is 12.9. The summed E-state index contributed by atoms with van der Waals surface area (Å²) in [7, 11) is 3.88. The van der Waals surface area contributed by atoms with Crippen molar-refractivity contribution in [3.63, 3.8) is 0 Å². The molecule has 0 bridgehead atoms. The van der Waals surface area contributed by atoms with Crippen LogP contribution in [0.3, 0.4) is 0 Å². The first-order chi connectivity index (χ1) is 8.96. The van der Waals surface area contributed by atoms with E-state index in [2.05, 4.69) is 57.0 Å². The number of ether oxygens (including phenoxy) is 1. The quantitative estimate of drug-likeness (QED) is 0.822. The van der Waals surface area contributed by atoms with Crippen LogP contribution in [0.15, 0.2) is 24.3 Å². The maximum atomic E-state index is 6.06. The van der Waals surface area contributed by atoms with Crippen molar-refractivity contribution in [1.29, 1.82) is 0 Å². The Hall–Kier alpha value is -0.900. The number of nitrogens with zero attached hydrogens (tertiary/aromatic N) is 1. The van der Waals surface area contributed by atoms with Crippen molar-refractivity contribution in [3.8, 4) is 0 Å². The molecule has 0 aliphatic rings. The second-order valence-electron chi connectivity index (χ2n) is 5.74. The Morgan fingerprint density at radius 3 is 2.53 bits per heavy atom. The standard InChI is InChI=1S/C16H28N2O/c1-13(2)16(11-17,12-19-5)18(4)10-15-8-6-7-14(3)9-15/h6-9,13H,10-12,17H2,1-5H3. The van der Waals surface area contributed by atoms with E-state index in [1.54, 1.807) is 7.11 Å². The van der Waals surface area contributed by atoms with Gasteiger partial charge in [-0.2, -0.15) is 0 Å². The van der Waals surface area contributed by atoms with E-state index < -0.39 is 0 Å². The minimum atomic E-state index is -0.113. The summed E-state index contributed by atoms with van der Waals surface area (Å²) in [6.45, 7) is 8.68. The topological polar surface area (TPSA) is 38.5 Å². The van der Waals surface area contributed by atoms with Gasteiger partial charge in [0.1, 0.15) is 0 Å². The third-order valence-electron chi connectivity index (χ3n) is 4.08. The van der Waals surface area contributed by atoms with Gasteiger partial charge in [0.25, 0.3) is 0 Å². The molecule has 1 aromatic carbocycles. The molecule has 0 amide bonds. The van der Waals surface area contributed by atoms with Gasteiger partial charge in [-0.1, -0.05) is 43.7 Å². The Kier molecular flexibility index (Phi) is 5.98. The van der Waals surface area contributed by atoms with E-state index in [4.69, 9.17) is 10.5 Å². The summed E-state index contributed by atoms with van der Waals surface area (Å²) in [6.07, 6.45) is 0. The van der Waals surface area contributed by atoms with Gasteiger partial charge in [0.05, 0.1) is 12.1 Å². The van der Waals surface area contributed by atoms with E-state index in [0.717, 1.165) is 6.54 Å². The summed E-state index contributed by atoms with van der Waals surface area (Å²) in [4.78, 5) is 2.33. The molecule has 3 heteroatoms. The van der Waals surface area contributed by atoms with Crippen LogP contribution in [0.4, 0.5) is 0 Å². The lowest BCUT2D eigenvalue weighted by Crippen LogP contribution is -2.58. The molecule has 1 aromatic rings. The minimum Gasteiger partial charge on any atom is -0.383 e. The molecule has 0 aromatic heterocycles. The van der Waals surface area contributed by atoms with Gasteiger partial charge in [-0.25, -0.2) is 0 Å². The molecule has 0 saturated heterocycles. The van der Waals surface area contributed by atoms with Crippen LogP contribution in [0, 0.1) is 12.8 Å². The Bertz CT molecular complexity index is 392. The molecule has 1 atom stereocenters. The highest BCUT2D eigenvalue weighted by molar-refractivity contribution is 5.22. The number of likely N-dealkylation sites (N-methyl/N-ethyl adjacent to an activating group) is 1. The molecule has 0 spiro atoms. The van der Waals surface area contributed by atoms with Crippen LogP contribution >= 0.6 is 0 Å². The van der Waals surface area contributed by atoms with Gasteiger partial charge in [0, 0.05) is 20.2 Å². The van der Waals surface area contributed by atoms with Crippen LogP contribution in [-0.2, 0) is 11.3 Å². The smallest absolute Gasteiger partial charge is 0.0661 e. The summed E-state index contributed by atoms with van der Waals surface area (Å²) in [5, 5.41) is 0. The predicted molar refractivity (Wildman–Crippen MR) is 81.1 cm³/mol. The number of benzene rings is 1. The van der Waals surface area contributed by atoms with Crippen molar-refractivity contribution in [1.82, 2.24) is 4.90 Å². The van der Waals surface area contributed by atoms with Gasteiger partial charge in [-0.3, -0.25) is 4.90 Å². The summed E-state index contributed by atoms with van der Waals surface area (Å²) in [5.41, 5.74) is 8.55. The third kappa shape index (κ3) is 3.78. The fraction of sp³-hybridized carbons (Fsp3) is 0.625. The molecule has 19 heavy (non-hydrogen) atoms. The maximum absolute atomic E-state index is 6.06. The Morgan fingerprint density at radius 1 is 1.37 bits per heavy atom. The molecule has 108 valence electrons. The van der Waals surface area contributed by atoms with Crippen molar-refractivity contribution >= 4 is 0 Å². The van der Waals surface area contributed by atoms with Gasteiger partial charge < -0.3 is 10.5 Å². The van der Waals surface area contributed by atoms with Gasteiger partial charge in [0.2, 0.25) is 0 Å². The van der Waals surface area contributed by atoms with E-state index >= 15 is 0 Å². The zero-order chi connectivity index (χ0) is 14.5. The monoisotopic (exact) mass is 264 g/mol. The average molecular weight is 264 g/mol. The number of methoxy groups -OCH3 is 1. The number of hydrogen-bond acceptors (Lipinski definition) is 3. The lowest BCUT2D eigenvalue weighted by Gasteiger charge is -2.44. The molecule has 0 aliphatic heterocycles. The summed E-state index contributed by atoms with van der Waals surface area (Å²) in [6, 6.07) is 8.62. The molecule has 1 unspecified atom stereocenters. The van der Waals surface area contributed by atoms with Crippen molar-refractivity contribution in [2.24, 2.45) is 11.7 Å². The van der Waals surface area contributed by atoms with Crippen molar-refractivity contribution in [2.45, 2.75) is 32.9 Å². The van der Waals surface area contributed by atoms with Gasteiger partial charge in [-0.05, 0) is 25.5 Å². The summed E-state index contributed by atoms with van der Waals surface area (Å²) < 4.78 is 5.42. The third-order valence-corrected chi connectivity index (χ3v) is 4.08. The number of nitrogens with two attached hydrogens (primary N) is 1. The van der Waals surface area contributed by atoms with Gasteiger partial charge in [-0.15, -0.1) is 0 Å². The molecular formula is C16H28N2O. The summed E-state index contributed by atoms with van der Waals surface area (Å²) in [5.74, 6) is 0.437. The molecule has 1 rings (SSSR count). The highest BCUT2D eigenvalue weighted by Gasteiger charge is 2.36. The van der Waals surface area contributed by atoms with E-state index in [1.807, 2.05) is 0 Å². The lowest BCUT2D eigenvalue weighted by atomic mass is 9.85. The van der Waals surface area contributed by atoms with E-state index in [-0.39, 0.29) is 5.54 Å². The molecule has 3 nitrogen and oxygen atoms in total. The first kappa shape index (κ1) is 16.2. The fourth-order valence-corrected chi connectivity index (χ4v) is 2.66. The highest BCUT2D eigenvalue weighted by atomic mass is 16.5. The van der Waals surface area contributed by atoms with E-state index in [0.29, 0.717) is 19.1 Å². The maximum Gasteiger partial charge on any atom is 0.0661 e. The molecule has 0 radical (unpaired) electrons. The molecule has 0 aliphatic carbocycles. The second-order valence-corrected chi connectivity index (χ2v) is 5.74. The van der Waals surface area contributed by atoms with Crippen LogP contribution in [0.5, 0.6) is 0 Å². The number of aryl methyl sites for hydroxylation is 1. The van der Waals surface area contributed by atoms with Crippen molar-refractivity contribution in [2.75, 3.05) is 27.3 Å². The Labute approximate surface area is 117 Å². The van der Waals surface area contributed by atoms with Crippen LogP contribution in [0.1, 0.15) is 25.0 Å². The van der Waals surface area contributed by atoms with Crippen LogP contribution in [0.2, 0.25) is 0 Å². The summed E-state index contributed by atoms with van der Waals surface area (Å²) >= 11 is 0. The van der Waals surface area contributed by atoms with Crippen LogP contribution in [-0.4, -0.2) is 37.7 Å². The minimum absolute atomic E-state index is 0.113. The Balaban J connectivity index is 2.91. The first-order valence-electron chi connectivity index (χ1n) is 6.92. The van der Waals surface area contributed by atoms with Crippen LogP contribution in [0.25, 0.3) is 0 Å². The van der Waals surface area contributed by atoms with Gasteiger partial charge in [0.15, 0.2) is 0 Å². The molecular weight excluding hydrogens is 236 g/mol. The molecule has 0 saturated carbocycles. The number of hydrogen-bond donors (Lipinski definition) is 1. The Morgan fingerprint density at radius 2 is 2.05 bits per heavy atom. The van der Waals surface area contributed by atoms with E-state index in [9.17, 15) is 0 Å². The van der Waals surface area contributed by atoms with E-state index in [1.165, 1.54) is 11.1 Å². The fourth-order valence-electron chi connectivity index (χ4n) is 2.66. The van der Waals surface area contributed by atoms with Crippen LogP contribution < -0.4 is 5.73 Å². The highest BCUT2D eigenvalue weighted by Crippen LogP contribution is 2.25. The normalized spacial score (nSPS) is 14.9. The largest absolute Gasteiger partial charge is 0.383 e. The SMILES string of the molecule is COCC(CN)(C(C)C)N(C)Cc1cccc(C)c1.